The second-order valence-corrected chi connectivity index (χ2v) is 6.61. The van der Waals surface area contributed by atoms with Crippen LogP contribution >= 0.6 is 11.6 Å². The molecule has 1 aromatic carbocycles. The molecule has 0 aliphatic heterocycles. The van der Waals surface area contributed by atoms with E-state index in [-0.39, 0.29) is 11.9 Å². The molecule has 1 aromatic rings. The van der Waals surface area contributed by atoms with Crippen LogP contribution in [0.4, 0.5) is 4.39 Å². The fourth-order valence-corrected chi connectivity index (χ4v) is 3.69. The van der Waals surface area contributed by atoms with Crippen molar-refractivity contribution in [3.05, 3.63) is 34.6 Å². The zero-order chi connectivity index (χ0) is 14.7. The first kappa shape index (κ1) is 15.7. The van der Waals surface area contributed by atoms with Crippen LogP contribution < -0.4 is 11.3 Å². The normalized spacial score (nSPS) is 24.9. The Balaban J connectivity index is 2.14. The summed E-state index contributed by atoms with van der Waals surface area (Å²) < 4.78 is 14.1. The summed E-state index contributed by atoms with van der Waals surface area (Å²) in [5, 5.41) is 0.457. The highest BCUT2D eigenvalue weighted by Crippen LogP contribution is 2.41. The molecule has 1 fully saturated rings. The molecule has 0 heterocycles. The van der Waals surface area contributed by atoms with E-state index in [4.69, 9.17) is 17.4 Å². The average molecular weight is 299 g/mol. The minimum absolute atomic E-state index is 0.197. The van der Waals surface area contributed by atoms with Gasteiger partial charge < -0.3 is 0 Å². The van der Waals surface area contributed by atoms with E-state index in [2.05, 4.69) is 19.3 Å². The molecule has 1 unspecified atom stereocenters. The molecule has 0 radical (unpaired) electrons. The Bertz CT molecular complexity index is 422. The predicted octanol–water partition coefficient (Wildman–Crippen LogP) is 4.45. The average Bonchev–Trinajstić information content (AvgIpc) is 2.43. The van der Waals surface area contributed by atoms with Crippen LogP contribution in [0.5, 0.6) is 0 Å². The highest BCUT2D eigenvalue weighted by atomic mass is 35.5. The second-order valence-electron chi connectivity index (χ2n) is 6.20. The number of nitrogens with two attached hydrogens (primary N) is 1. The molecule has 0 saturated heterocycles. The van der Waals surface area contributed by atoms with Crippen molar-refractivity contribution in [3.8, 4) is 0 Å². The fraction of sp³-hybridized carbons (Fsp3) is 0.625. The maximum absolute atomic E-state index is 14.1. The molecule has 0 aromatic heterocycles. The summed E-state index contributed by atoms with van der Waals surface area (Å²) in [5.74, 6) is 7.27. The highest BCUT2D eigenvalue weighted by molar-refractivity contribution is 6.31. The topological polar surface area (TPSA) is 38.0 Å². The number of hydrogen-bond donors (Lipinski definition) is 2. The van der Waals surface area contributed by atoms with E-state index in [9.17, 15) is 4.39 Å². The second kappa shape index (κ2) is 6.88. The third-order valence-electron chi connectivity index (χ3n) is 4.72. The standard InChI is InChI=1S/C16H24ClFN2/c1-10(2)11-6-8-12(9-7-11)16(20-19)15-13(17)4-3-5-14(15)18/h3-5,10-12,16,20H,6-9,19H2,1-2H3. The Morgan fingerprint density at radius 1 is 1.20 bits per heavy atom. The maximum atomic E-state index is 14.1. The molecule has 112 valence electrons. The molecule has 2 nitrogen and oxygen atoms in total. The van der Waals surface area contributed by atoms with Gasteiger partial charge in [-0.1, -0.05) is 31.5 Å². The van der Waals surface area contributed by atoms with Gasteiger partial charge in [0.2, 0.25) is 0 Å². The van der Waals surface area contributed by atoms with Gasteiger partial charge in [-0.3, -0.25) is 11.3 Å². The largest absolute Gasteiger partial charge is 0.271 e. The monoisotopic (exact) mass is 298 g/mol. The van der Waals surface area contributed by atoms with E-state index >= 15 is 0 Å². The van der Waals surface area contributed by atoms with Gasteiger partial charge >= 0.3 is 0 Å². The lowest BCUT2D eigenvalue weighted by Gasteiger charge is -2.35. The van der Waals surface area contributed by atoms with Gasteiger partial charge in [0.1, 0.15) is 5.82 Å². The Kier molecular flexibility index (Phi) is 5.42. The van der Waals surface area contributed by atoms with Gasteiger partial charge in [-0.25, -0.2) is 4.39 Å². The minimum atomic E-state index is -0.272. The molecule has 3 N–H and O–H groups in total. The van der Waals surface area contributed by atoms with Crippen LogP contribution in [0.2, 0.25) is 5.02 Å². The molecular formula is C16H24ClFN2. The van der Waals surface area contributed by atoms with Crippen LogP contribution in [0.25, 0.3) is 0 Å². The third-order valence-corrected chi connectivity index (χ3v) is 5.05. The van der Waals surface area contributed by atoms with Gasteiger partial charge in [0, 0.05) is 10.6 Å². The van der Waals surface area contributed by atoms with Gasteiger partial charge in [0.15, 0.2) is 0 Å². The van der Waals surface area contributed by atoms with Crippen LogP contribution in [-0.2, 0) is 0 Å². The molecule has 1 aliphatic carbocycles. The zero-order valence-corrected chi connectivity index (χ0v) is 13.0. The fourth-order valence-electron chi connectivity index (χ4n) is 3.41. The molecule has 0 bridgehead atoms. The summed E-state index contributed by atoms with van der Waals surface area (Å²) in [6.45, 7) is 4.55. The molecule has 0 spiro atoms. The van der Waals surface area contributed by atoms with E-state index in [1.54, 1.807) is 12.1 Å². The van der Waals surface area contributed by atoms with Crippen molar-refractivity contribution in [2.45, 2.75) is 45.6 Å². The minimum Gasteiger partial charge on any atom is -0.271 e. The number of hydrazine groups is 1. The van der Waals surface area contributed by atoms with Crippen LogP contribution in [0.1, 0.15) is 51.1 Å². The molecule has 0 amide bonds. The first-order chi connectivity index (χ1) is 9.54. The molecule has 1 saturated carbocycles. The summed E-state index contributed by atoms with van der Waals surface area (Å²) in [7, 11) is 0. The summed E-state index contributed by atoms with van der Waals surface area (Å²) in [5.41, 5.74) is 3.31. The van der Waals surface area contributed by atoms with Gasteiger partial charge in [0.05, 0.1) is 6.04 Å². The molecule has 1 aliphatic rings. The quantitative estimate of drug-likeness (QED) is 0.637. The van der Waals surface area contributed by atoms with Crippen molar-refractivity contribution in [3.63, 3.8) is 0 Å². The van der Waals surface area contributed by atoms with Crippen molar-refractivity contribution in [2.24, 2.45) is 23.6 Å². The van der Waals surface area contributed by atoms with E-state index in [0.29, 0.717) is 16.5 Å². The summed E-state index contributed by atoms with van der Waals surface area (Å²) in [4.78, 5) is 0. The van der Waals surface area contributed by atoms with Crippen LogP contribution in [0.3, 0.4) is 0 Å². The van der Waals surface area contributed by atoms with Crippen LogP contribution in [0, 0.1) is 23.6 Å². The Hall–Kier alpha value is -0.640. The van der Waals surface area contributed by atoms with Crippen molar-refractivity contribution in [1.29, 1.82) is 0 Å². The number of halogens is 2. The molecule has 1 atom stereocenters. The van der Waals surface area contributed by atoms with E-state index in [1.807, 2.05) is 0 Å². The number of hydrogen-bond acceptors (Lipinski definition) is 2. The van der Waals surface area contributed by atoms with E-state index < -0.39 is 0 Å². The lowest BCUT2D eigenvalue weighted by atomic mass is 9.73. The number of benzene rings is 1. The number of nitrogens with one attached hydrogen (secondary N) is 1. The van der Waals surface area contributed by atoms with Crippen LogP contribution in [-0.4, -0.2) is 0 Å². The van der Waals surface area contributed by atoms with Crippen molar-refractivity contribution in [2.75, 3.05) is 0 Å². The first-order valence-corrected chi connectivity index (χ1v) is 7.82. The predicted molar refractivity (Wildman–Crippen MR) is 81.8 cm³/mol. The summed E-state index contributed by atoms with van der Waals surface area (Å²) in [6, 6.07) is 4.61. The van der Waals surface area contributed by atoms with E-state index in [1.165, 1.54) is 18.9 Å². The van der Waals surface area contributed by atoms with Crippen molar-refractivity contribution >= 4 is 11.6 Å². The molecule has 4 heteroatoms. The molecule has 20 heavy (non-hydrogen) atoms. The van der Waals surface area contributed by atoms with Gasteiger partial charge in [-0.15, -0.1) is 0 Å². The maximum Gasteiger partial charge on any atom is 0.129 e. The number of rotatable bonds is 4. The van der Waals surface area contributed by atoms with Crippen LogP contribution in [0.15, 0.2) is 18.2 Å². The SMILES string of the molecule is CC(C)C1CCC(C(NN)c2c(F)cccc2Cl)CC1. The lowest BCUT2D eigenvalue weighted by molar-refractivity contribution is 0.187. The highest BCUT2D eigenvalue weighted by Gasteiger charge is 2.31. The Labute approximate surface area is 125 Å². The third kappa shape index (κ3) is 3.33. The molecular weight excluding hydrogens is 275 g/mol. The Morgan fingerprint density at radius 3 is 2.30 bits per heavy atom. The van der Waals surface area contributed by atoms with Gasteiger partial charge in [-0.2, -0.15) is 0 Å². The summed E-state index contributed by atoms with van der Waals surface area (Å²) in [6.07, 6.45) is 4.52. The van der Waals surface area contributed by atoms with E-state index in [0.717, 1.165) is 24.7 Å². The molecule has 2 rings (SSSR count). The smallest absolute Gasteiger partial charge is 0.129 e. The lowest BCUT2D eigenvalue weighted by Crippen LogP contribution is -2.36. The zero-order valence-electron chi connectivity index (χ0n) is 12.2. The van der Waals surface area contributed by atoms with Gasteiger partial charge in [0.25, 0.3) is 0 Å². The van der Waals surface area contributed by atoms with Crippen molar-refractivity contribution in [1.82, 2.24) is 5.43 Å². The Morgan fingerprint density at radius 2 is 1.80 bits per heavy atom. The first-order valence-electron chi connectivity index (χ1n) is 7.44. The van der Waals surface area contributed by atoms with Gasteiger partial charge in [-0.05, 0) is 55.6 Å². The van der Waals surface area contributed by atoms with Crippen molar-refractivity contribution < 1.29 is 4.39 Å². The summed E-state index contributed by atoms with van der Waals surface area (Å²) >= 11 is 6.17.